The lowest BCUT2D eigenvalue weighted by Crippen LogP contribution is -2.51. The quantitative estimate of drug-likeness (QED) is 0.589. The van der Waals surface area contributed by atoms with Crippen LogP contribution < -0.4 is 15.4 Å². The highest BCUT2D eigenvalue weighted by molar-refractivity contribution is 5.80. The second-order valence-electron chi connectivity index (χ2n) is 7.24. The van der Waals surface area contributed by atoms with Crippen LogP contribution in [0.3, 0.4) is 0 Å². The highest BCUT2D eigenvalue weighted by Gasteiger charge is 2.24. The maximum absolute atomic E-state index is 13.2. The van der Waals surface area contributed by atoms with Crippen molar-refractivity contribution in [2.24, 2.45) is 10.9 Å². The monoisotopic (exact) mass is 378 g/mol. The number of guanidine groups is 1. The smallest absolute Gasteiger partial charge is 0.225 e. The fourth-order valence-corrected chi connectivity index (χ4v) is 3.05. The van der Waals surface area contributed by atoms with E-state index in [9.17, 15) is 9.18 Å². The third-order valence-corrected chi connectivity index (χ3v) is 4.56. The van der Waals surface area contributed by atoms with Crippen LogP contribution in [-0.2, 0) is 4.79 Å². The molecule has 1 unspecified atom stereocenters. The highest BCUT2D eigenvalue weighted by atomic mass is 19.1. The van der Waals surface area contributed by atoms with E-state index in [-0.39, 0.29) is 29.8 Å². The summed E-state index contributed by atoms with van der Waals surface area (Å²) in [5.41, 5.74) is 0. The third-order valence-electron chi connectivity index (χ3n) is 4.56. The number of benzene rings is 1. The number of piperidine rings is 1. The summed E-state index contributed by atoms with van der Waals surface area (Å²) in [7, 11) is 1.73. The molecule has 0 spiro atoms. The largest absolute Gasteiger partial charge is 0.489 e. The van der Waals surface area contributed by atoms with Gasteiger partial charge in [-0.1, -0.05) is 19.9 Å². The van der Waals surface area contributed by atoms with Gasteiger partial charge in [0.2, 0.25) is 5.91 Å². The number of nitrogens with zero attached hydrogens (tertiary/aromatic N) is 2. The molecule has 0 radical (unpaired) electrons. The molecule has 1 saturated heterocycles. The molecule has 0 aliphatic carbocycles. The number of hydrogen-bond acceptors (Lipinski definition) is 3. The number of amides is 1. The van der Waals surface area contributed by atoms with E-state index >= 15 is 0 Å². The molecule has 1 heterocycles. The first-order valence-corrected chi connectivity index (χ1v) is 9.57. The molecule has 0 saturated carbocycles. The zero-order valence-electron chi connectivity index (χ0n) is 16.7. The minimum Gasteiger partial charge on any atom is -0.489 e. The molecule has 2 N–H and O–H groups in total. The fourth-order valence-electron chi connectivity index (χ4n) is 3.05. The van der Waals surface area contributed by atoms with Crippen LogP contribution in [-0.4, -0.2) is 55.6 Å². The van der Waals surface area contributed by atoms with Crippen molar-refractivity contribution >= 4 is 11.9 Å². The van der Waals surface area contributed by atoms with Gasteiger partial charge in [-0.05, 0) is 31.9 Å². The Balaban J connectivity index is 1.74. The van der Waals surface area contributed by atoms with Crippen LogP contribution in [0.2, 0.25) is 0 Å². The third kappa shape index (κ3) is 6.73. The molecule has 0 bridgehead atoms. The van der Waals surface area contributed by atoms with Crippen molar-refractivity contribution < 1.29 is 13.9 Å². The van der Waals surface area contributed by atoms with Gasteiger partial charge in [-0.2, -0.15) is 0 Å². The Labute approximate surface area is 161 Å². The number of aliphatic imine (C=N–C) groups is 1. The maximum Gasteiger partial charge on any atom is 0.225 e. The van der Waals surface area contributed by atoms with Crippen molar-refractivity contribution in [3.63, 3.8) is 0 Å². The predicted molar refractivity (Wildman–Crippen MR) is 105 cm³/mol. The van der Waals surface area contributed by atoms with Gasteiger partial charge in [0.05, 0.1) is 6.54 Å². The van der Waals surface area contributed by atoms with Crippen LogP contribution in [0.5, 0.6) is 5.75 Å². The highest BCUT2D eigenvalue weighted by Crippen LogP contribution is 2.14. The number of ether oxygens (including phenoxy) is 1. The van der Waals surface area contributed by atoms with E-state index in [0.717, 1.165) is 25.9 Å². The summed E-state index contributed by atoms with van der Waals surface area (Å²) in [6.07, 6.45) is 1.65. The first kappa shape index (κ1) is 21.0. The fraction of sp³-hybridized carbons (Fsp3) is 0.600. The minimum absolute atomic E-state index is 0.0449. The first-order chi connectivity index (χ1) is 12.9. The number of carbonyl (C=O) groups excluding carboxylic acids is 1. The van der Waals surface area contributed by atoms with E-state index in [0.29, 0.717) is 18.3 Å². The molecule has 0 aromatic heterocycles. The predicted octanol–water partition coefficient (Wildman–Crippen LogP) is 2.41. The van der Waals surface area contributed by atoms with Gasteiger partial charge in [0, 0.05) is 38.2 Å². The summed E-state index contributed by atoms with van der Waals surface area (Å²) >= 11 is 0. The molecule has 1 aromatic rings. The van der Waals surface area contributed by atoms with Crippen LogP contribution in [0, 0.1) is 11.7 Å². The number of rotatable bonds is 6. The SMILES string of the molecule is CN=C(NCC(C)Oc1cccc(F)c1)NC1CCN(C(=O)C(C)C)CC1. The van der Waals surface area contributed by atoms with E-state index in [1.807, 2.05) is 25.7 Å². The number of carbonyl (C=O) groups is 1. The van der Waals surface area contributed by atoms with Crippen molar-refractivity contribution in [2.45, 2.75) is 45.8 Å². The molecule has 6 nitrogen and oxygen atoms in total. The zero-order chi connectivity index (χ0) is 19.8. The van der Waals surface area contributed by atoms with Crippen LogP contribution in [0.15, 0.2) is 29.3 Å². The Hall–Kier alpha value is -2.31. The molecule has 1 fully saturated rings. The topological polar surface area (TPSA) is 66.0 Å². The first-order valence-electron chi connectivity index (χ1n) is 9.57. The summed E-state index contributed by atoms with van der Waals surface area (Å²) in [5.74, 6) is 1.17. The van der Waals surface area contributed by atoms with Gasteiger partial charge >= 0.3 is 0 Å². The van der Waals surface area contributed by atoms with Crippen molar-refractivity contribution in [1.82, 2.24) is 15.5 Å². The Kier molecular flexibility index (Phi) is 7.88. The van der Waals surface area contributed by atoms with Crippen molar-refractivity contribution in [3.8, 4) is 5.75 Å². The summed E-state index contributed by atoms with van der Waals surface area (Å²) in [4.78, 5) is 18.3. The average molecular weight is 378 g/mol. The number of likely N-dealkylation sites (tertiary alicyclic amines) is 1. The van der Waals surface area contributed by atoms with Crippen LogP contribution >= 0.6 is 0 Å². The summed E-state index contributed by atoms with van der Waals surface area (Å²) in [6, 6.07) is 6.41. The maximum atomic E-state index is 13.2. The van der Waals surface area contributed by atoms with Gasteiger partial charge in [0.1, 0.15) is 17.7 Å². The van der Waals surface area contributed by atoms with E-state index in [1.54, 1.807) is 19.2 Å². The van der Waals surface area contributed by atoms with Crippen LogP contribution in [0.1, 0.15) is 33.6 Å². The Morgan fingerprint density at radius 1 is 1.33 bits per heavy atom. The lowest BCUT2D eigenvalue weighted by molar-refractivity contribution is -0.135. The van der Waals surface area contributed by atoms with Crippen LogP contribution in [0.4, 0.5) is 4.39 Å². The standard InChI is InChI=1S/C20H31FN4O2/c1-14(2)19(26)25-10-8-17(9-11-25)24-20(22-4)23-13-15(3)27-18-7-5-6-16(21)12-18/h5-7,12,14-15,17H,8-11,13H2,1-4H3,(H2,22,23,24). The van der Waals surface area contributed by atoms with Crippen molar-refractivity contribution in [2.75, 3.05) is 26.7 Å². The summed E-state index contributed by atoms with van der Waals surface area (Å²) in [5, 5.41) is 6.65. The molecule has 27 heavy (non-hydrogen) atoms. The van der Waals surface area contributed by atoms with Crippen molar-refractivity contribution in [1.29, 1.82) is 0 Å². The second kappa shape index (κ2) is 10.1. The lowest BCUT2D eigenvalue weighted by atomic mass is 10.0. The number of nitrogens with one attached hydrogen (secondary N) is 2. The van der Waals surface area contributed by atoms with Crippen LogP contribution in [0.25, 0.3) is 0 Å². The molecule has 2 rings (SSSR count). The van der Waals surface area contributed by atoms with Gasteiger partial charge in [-0.3, -0.25) is 9.79 Å². The number of hydrogen-bond donors (Lipinski definition) is 2. The average Bonchev–Trinajstić information content (AvgIpc) is 2.65. The van der Waals surface area contributed by atoms with E-state index in [4.69, 9.17) is 4.74 Å². The van der Waals surface area contributed by atoms with E-state index in [1.165, 1.54) is 12.1 Å². The van der Waals surface area contributed by atoms with Gasteiger partial charge in [-0.25, -0.2) is 4.39 Å². The summed E-state index contributed by atoms with van der Waals surface area (Å²) in [6.45, 7) is 7.87. The van der Waals surface area contributed by atoms with Gasteiger partial charge in [-0.15, -0.1) is 0 Å². The van der Waals surface area contributed by atoms with E-state index in [2.05, 4.69) is 15.6 Å². The molecule has 1 aliphatic rings. The molecule has 1 aromatic carbocycles. The van der Waals surface area contributed by atoms with Gasteiger partial charge in [0.15, 0.2) is 5.96 Å². The molecule has 1 aliphatic heterocycles. The van der Waals surface area contributed by atoms with Gasteiger partial charge in [0.25, 0.3) is 0 Å². The molecule has 1 atom stereocenters. The lowest BCUT2D eigenvalue weighted by Gasteiger charge is -2.34. The Bertz CT molecular complexity index is 643. The molecule has 150 valence electrons. The minimum atomic E-state index is -0.313. The van der Waals surface area contributed by atoms with Gasteiger partial charge < -0.3 is 20.3 Å². The molecule has 1 amide bonds. The second-order valence-corrected chi connectivity index (χ2v) is 7.24. The summed E-state index contributed by atoms with van der Waals surface area (Å²) < 4.78 is 18.9. The zero-order valence-corrected chi connectivity index (χ0v) is 16.7. The Morgan fingerprint density at radius 2 is 2.04 bits per heavy atom. The normalized spacial score (nSPS) is 17.0. The molecule has 7 heteroatoms. The molecular formula is C20H31FN4O2. The molecular weight excluding hydrogens is 347 g/mol. The number of halogens is 1. The van der Waals surface area contributed by atoms with E-state index < -0.39 is 0 Å². The van der Waals surface area contributed by atoms with Crippen molar-refractivity contribution in [3.05, 3.63) is 30.1 Å². The Morgan fingerprint density at radius 3 is 2.63 bits per heavy atom.